The number of carbonyl (C=O) groups is 2. The van der Waals surface area contributed by atoms with E-state index in [4.69, 9.17) is 27.7 Å². The van der Waals surface area contributed by atoms with Gasteiger partial charge in [0.25, 0.3) is 0 Å². The Hall–Kier alpha value is -2.53. The summed E-state index contributed by atoms with van der Waals surface area (Å²) in [6.45, 7) is 8.47. The van der Waals surface area contributed by atoms with Crippen LogP contribution in [0.2, 0.25) is 0 Å². The van der Waals surface area contributed by atoms with E-state index in [0.717, 1.165) is 88.6 Å². The molecule has 4 atom stereocenters. The lowest BCUT2D eigenvalue weighted by Gasteiger charge is -2.24. The van der Waals surface area contributed by atoms with Gasteiger partial charge in [-0.3, -0.25) is 18.6 Å². The average Bonchev–Trinajstić information content (AvgIpc) is 3.86. The van der Waals surface area contributed by atoms with Gasteiger partial charge in [0.05, 0.1) is 40.0 Å². The normalized spacial score (nSPS) is 17.4. The van der Waals surface area contributed by atoms with Gasteiger partial charge >= 0.3 is 19.8 Å². The van der Waals surface area contributed by atoms with Crippen LogP contribution >= 0.6 is 7.82 Å². The van der Waals surface area contributed by atoms with Crippen LogP contribution in [0.4, 0.5) is 0 Å². The van der Waals surface area contributed by atoms with Crippen LogP contribution in [0.3, 0.4) is 0 Å². The molecule has 0 saturated carbocycles. The van der Waals surface area contributed by atoms with Crippen molar-refractivity contribution >= 4 is 19.8 Å². The Morgan fingerprint density at radius 2 is 1.38 bits per heavy atom. The van der Waals surface area contributed by atoms with E-state index < -0.39 is 32.5 Å². The maximum Gasteiger partial charge on any atom is 0.472 e. The van der Waals surface area contributed by atoms with Crippen molar-refractivity contribution in [2.45, 2.75) is 174 Å². The predicted molar refractivity (Wildman–Crippen MR) is 232 cm³/mol. The highest BCUT2D eigenvalue weighted by Gasteiger charge is 2.36. The molecule has 0 bridgehead atoms. The van der Waals surface area contributed by atoms with Crippen molar-refractivity contribution in [1.29, 1.82) is 0 Å². The fraction of sp³-hybridized carbons (Fsp3) is 0.739. The SMILES string of the molecule is CCCCCC1OC1C/C=C\C/C=C\C/C=C\CCCC(=O)OC[C@H](COP(=O)(O)OCC[N+](C)(C)C)OC(=O)CCCCCCCCc1oc(CCC)c(C)c1C. The zero-order chi connectivity index (χ0) is 42.7. The maximum absolute atomic E-state index is 12.8. The van der Waals surface area contributed by atoms with Crippen LogP contribution in [-0.2, 0) is 50.3 Å². The molecule has 2 rings (SSSR count). The van der Waals surface area contributed by atoms with Gasteiger partial charge in [-0.2, -0.15) is 0 Å². The van der Waals surface area contributed by atoms with Crippen LogP contribution in [0.5, 0.6) is 0 Å². The van der Waals surface area contributed by atoms with Crippen molar-refractivity contribution in [3.8, 4) is 0 Å². The number of phosphoric acid groups is 1. The molecule has 1 aliphatic rings. The number of aryl methyl sites for hydroxylation is 2. The van der Waals surface area contributed by atoms with Crippen molar-refractivity contribution in [2.75, 3.05) is 47.5 Å². The number of likely N-dealkylation sites (N-methyl/N-ethyl adjacent to an activating group) is 1. The van der Waals surface area contributed by atoms with E-state index in [9.17, 15) is 19.0 Å². The predicted octanol–water partition coefficient (Wildman–Crippen LogP) is 10.8. The molecule has 11 nitrogen and oxygen atoms in total. The molecule has 3 unspecified atom stereocenters. The topological polar surface area (TPSA) is 134 Å². The van der Waals surface area contributed by atoms with Gasteiger partial charge in [-0.1, -0.05) is 95.2 Å². The van der Waals surface area contributed by atoms with E-state index in [-0.39, 0.29) is 26.1 Å². The third kappa shape index (κ3) is 25.2. The van der Waals surface area contributed by atoms with Crippen molar-refractivity contribution in [1.82, 2.24) is 0 Å². The fourth-order valence-electron chi connectivity index (χ4n) is 6.44. The summed E-state index contributed by atoms with van der Waals surface area (Å²) in [6, 6.07) is 0. The second-order valence-electron chi connectivity index (χ2n) is 16.7. The summed E-state index contributed by atoms with van der Waals surface area (Å²) in [5, 5.41) is 0. The van der Waals surface area contributed by atoms with Crippen LogP contribution in [-0.4, -0.2) is 87.1 Å². The monoisotopic (exact) mass is 837 g/mol. The van der Waals surface area contributed by atoms with E-state index >= 15 is 0 Å². The molecule has 0 aliphatic carbocycles. The number of carbonyl (C=O) groups excluding carboxylic acids is 2. The largest absolute Gasteiger partial charge is 0.472 e. The average molecular weight is 837 g/mol. The second-order valence-corrected chi connectivity index (χ2v) is 18.2. The highest BCUT2D eigenvalue weighted by molar-refractivity contribution is 7.47. The molecule has 1 fully saturated rings. The Kier molecular flexibility index (Phi) is 26.4. The Bertz CT molecular complexity index is 1430. The Morgan fingerprint density at radius 1 is 0.741 bits per heavy atom. The highest BCUT2D eigenvalue weighted by atomic mass is 31.2. The zero-order valence-corrected chi connectivity index (χ0v) is 38.1. The molecule has 1 aromatic heterocycles. The van der Waals surface area contributed by atoms with E-state index in [2.05, 4.69) is 64.2 Å². The number of esters is 2. The number of nitrogens with zero attached hydrogens (tertiary/aromatic N) is 1. The van der Waals surface area contributed by atoms with Crippen LogP contribution < -0.4 is 0 Å². The number of epoxide rings is 1. The number of allylic oxidation sites excluding steroid dienone is 5. The van der Waals surface area contributed by atoms with Crippen LogP contribution in [0.25, 0.3) is 0 Å². The summed E-state index contributed by atoms with van der Waals surface area (Å²) in [5.41, 5.74) is 2.57. The Labute approximate surface area is 351 Å². The summed E-state index contributed by atoms with van der Waals surface area (Å²) in [4.78, 5) is 35.5. The molecule has 0 amide bonds. The van der Waals surface area contributed by atoms with Gasteiger partial charge < -0.3 is 28.0 Å². The van der Waals surface area contributed by atoms with Gasteiger partial charge in [-0.05, 0) is 82.8 Å². The van der Waals surface area contributed by atoms with E-state index in [1.165, 1.54) is 36.8 Å². The first-order chi connectivity index (χ1) is 27.7. The van der Waals surface area contributed by atoms with Crippen LogP contribution in [0, 0.1) is 13.8 Å². The van der Waals surface area contributed by atoms with Crippen molar-refractivity contribution < 1.29 is 51.2 Å². The van der Waals surface area contributed by atoms with Gasteiger partial charge in [0.1, 0.15) is 31.3 Å². The number of ether oxygens (including phenoxy) is 3. The van der Waals surface area contributed by atoms with Gasteiger partial charge in [0.15, 0.2) is 6.10 Å². The van der Waals surface area contributed by atoms with Crippen LogP contribution in [0.1, 0.15) is 152 Å². The van der Waals surface area contributed by atoms with Gasteiger partial charge in [-0.25, -0.2) is 4.57 Å². The minimum Gasteiger partial charge on any atom is -0.466 e. The standard InChI is InChI=1S/C46H78NO10P/c1-8-10-23-30-43-44(57-43)31-25-20-15-13-11-12-14-16-21-26-32-45(48)52-36-40(37-54-58(50,51)53-35-34-47(5,6)7)55-46(49)33-27-22-18-17-19-24-29-42-39(4)38(3)41(56-42)28-9-2/h11,13-14,16,20,25,40,43-44H,8-10,12,15,17-19,21-24,26-37H2,1-7H3/p+1/b13-11-,16-14-,25-20-/t40-,43?,44?/m1/s1. The minimum absolute atomic E-state index is 0.0110. The molecule has 1 N–H and O–H groups in total. The number of hydrogen-bond acceptors (Lipinski definition) is 9. The van der Waals surface area contributed by atoms with Gasteiger partial charge in [0.2, 0.25) is 0 Å². The molecule has 0 aromatic carbocycles. The highest BCUT2D eigenvalue weighted by Crippen LogP contribution is 2.43. The first-order valence-corrected chi connectivity index (χ1v) is 23.7. The molecule has 12 heteroatoms. The number of rotatable bonds is 35. The molecule has 58 heavy (non-hydrogen) atoms. The Balaban J connectivity index is 1.66. The summed E-state index contributed by atoms with van der Waals surface area (Å²) in [6.07, 6.45) is 30.9. The number of furan rings is 1. The molecular weight excluding hydrogens is 757 g/mol. The number of hydrogen-bond donors (Lipinski definition) is 1. The molecule has 0 radical (unpaired) electrons. The molecular formula is C46H79NO10P+. The van der Waals surface area contributed by atoms with E-state index in [1.54, 1.807) is 0 Å². The van der Waals surface area contributed by atoms with Crippen LogP contribution in [0.15, 0.2) is 40.9 Å². The zero-order valence-electron chi connectivity index (χ0n) is 37.2. The maximum atomic E-state index is 12.8. The van der Waals surface area contributed by atoms with Gasteiger partial charge in [-0.15, -0.1) is 0 Å². The lowest BCUT2D eigenvalue weighted by Crippen LogP contribution is -2.37. The number of quaternary nitrogens is 1. The molecule has 1 aromatic rings. The first-order valence-electron chi connectivity index (χ1n) is 22.2. The van der Waals surface area contributed by atoms with E-state index in [1.807, 2.05) is 21.1 Å². The van der Waals surface area contributed by atoms with Crippen molar-refractivity contribution in [3.05, 3.63) is 59.1 Å². The number of phosphoric ester groups is 1. The summed E-state index contributed by atoms with van der Waals surface area (Å²) >= 11 is 0. The second kappa shape index (κ2) is 29.7. The smallest absolute Gasteiger partial charge is 0.466 e. The third-order valence-corrected chi connectivity index (χ3v) is 11.3. The van der Waals surface area contributed by atoms with Gasteiger partial charge in [0, 0.05) is 25.7 Å². The Morgan fingerprint density at radius 3 is 2.07 bits per heavy atom. The fourth-order valence-corrected chi connectivity index (χ4v) is 7.18. The van der Waals surface area contributed by atoms with Crippen molar-refractivity contribution in [2.24, 2.45) is 0 Å². The summed E-state index contributed by atoms with van der Waals surface area (Å²) < 4.78 is 46.1. The van der Waals surface area contributed by atoms with E-state index in [0.29, 0.717) is 36.1 Å². The first kappa shape index (κ1) is 51.6. The molecule has 0 spiro atoms. The molecule has 332 valence electrons. The lowest BCUT2D eigenvalue weighted by molar-refractivity contribution is -0.870. The lowest BCUT2D eigenvalue weighted by atomic mass is 10.0. The number of unbranched alkanes of at least 4 members (excludes halogenated alkanes) is 8. The molecule has 1 aliphatic heterocycles. The minimum atomic E-state index is -4.41. The third-order valence-electron chi connectivity index (χ3n) is 10.3. The summed E-state index contributed by atoms with van der Waals surface area (Å²) in [7, 11) is 1.41. The summed E-state index contributed by atoms with van der Waals surface area (Å²) in [5.74, 6) is 1.32. The molecule has 1 saturated heterocycles. The van der Waals surface area contributed by atoms with Crippen molar-refractivity contribution in [3.63, 3.8) is 0 Å². The quantitative estimate of drug-likeness (QED) is 0.0176. The molecule has 2 heterocycles.